The number of carbonyl (C=O) groups is 1. The Labute approximate surface area is 123 Å². The van der Waals surface area contributed by atoms with Crippen LogP contribution in [0.5, 0.6) is 0 Å². The van der Waals surface area contributed by atoms with E-state index >= 15 is 0 Å². The molecule has 0 spiro atoms. The molecule has 0 saturated carbocycles. The van der Waals surface area contributed by atoms with Crippen molar-refractivity contribution in [3.05, 3.63) is 34.3 Å². The molecule has 1 amide bonds. The Morgan fingerprint density at radius 2 is 2.00 bits per heavy atom. The molecule has 1 aliphatic rings. The van der Waals surface area contributed by atoms with Gasteiger partial charge >= 0.3 is 0 Å². The largest absolute Gasteiger partial charge is 0.346 e. The van der Waals surface area contributed by atoms with Gasteiger partial charge in [0, 0.05) is 4.47 Å². The van der Waals surface area contributed by atoms with Crippen LogP contribution in [0.2, 0.25) is 0 Å². The summed E-state index contributed by atoms with van der Waals surface area (Å²) in [6.45, 7) is 7.12. The van der Waals surface area contributed by atoms with E-state index in [1.54, 1.807) is 0 Å². The lowest BCUT2D eigenvalue weighted by Gasteiger charge is -2.29. The van der Waals surface area contributed by atoms with E-state index in [4.69, 9.17) is 0 Å². The monoisotopic (exact) mass is 324 g/mol. The highest BCUT2D eigenvalue weighted by Crippen LogP contribution is 2.23. The van der Waals surface area contributed by atoms with Crippen LogP contribution in [0.4, 0.5) is 0 Å². The zero-order valence-electron chi connectivity index (χ0n) is 11.7. The topological polar surface area (TPSA) is 41.1 Å². The van der Waals surface area contributed by atoms with E-state index in [1.165, 1.54) is 0 Å². The van der Waals surface area contributed by atoms with Gasteiger partial charge < -0.3 is 10.6 Å². The molecule has 19 heavy (non-hydrogen) atoms. The SMILES string of the molecule is CC1CCNC1C(=O)NC(C)(C)c1ccc(Br)cc1. The van der Waals surface area contributed by atoms with Crippen LogP contribution >= 0.6 is 15.9 Å². The van der Waals surface area contributed by atoms with Crippen LogP contribution < -0.4 is 10.6 Å². The van der Waals surface area contributed by atoms with Gasteiger partial charge in [-0.2, -0.15) is 0 Å². The summed E-state index contributed by atoms with van der Waals surface area (Å²) >= 11 is 3.43. The first-order valence-electron chi connectivity index (χ1n) is 6.71. The number of amides is 1. The van der Waals surface area contributed by atoms with Gasteiger partial charge in [0.25, 0.3) is 0 Å². The molecule has 0 bridgehead atoms. The van der Waals surface area contributed by atoms with E-state index in [2.05, 4.69) is 33.5 Å². The summed E-state index contributed by atoms with van der Waals surface area (Å²) < 4.78 is 1.05. The molecule has 104 valence electrons. The van der Waals surface area contributed by atoms with Gasteiger partial charge in [-0.25, -0.2) is 0 Å². The van der Waals surface area contributed by atoms with E-state index in [-0.39, 0.29) is 17.5 Å². The highest BCUT2D eigenvalue weighted by atomic mass is 79.9. The van der Waals surface area contributed by atoms with Crippen LogP contribution in [0, 0.1) is 5.92 Å². The molecule has 2 rings (SSSR count). The molecule has 2 atom stereocenters. The van der Waals surface area contributed by atoms with Gasteiger partial charge in [0.05, 0.1) is 11.6 Å². The number of carbonyl (C=O) groups excluding carboxylic acids is 1. The molecule has 0 radical (unpaired) electrons. The van der Waals surface area contributed by atoms with Crippen LogP contribution in [0.15, 0.2) is 28.7 Å². The highest BCUT2D eigenvalue weighted by Gasteiger charge is 2.32. The fourth-order valence-electron chi connectivity index (χ4n) is 2.51. The van der Waals surface area contributed by atoms with E-state index in [0.717, 1.165) is 23.0 Å². The Morgan fingerprint density at radius 3 is 2.53 bits per heavy atom. The van der Waals surface area contributed by atoms with E-state index in [1.807, 2.05) is 38.1 Å². The third-order valence-corrected chi connectivity index (χ3v) is 4.35. The Kier molecular flexibility index (Phi) is 4.31. The summed E-state index contributed by atoms with van der Waals surface area (Å²) in [4.78, 5) is 12.3. The fraction of sp³-hybridized carbons (Fsp3) is 0.533. The minimum atomic E-state index is -0.359. The maximum atomic E-state index is 12.3. The van der Waals surface area contributed by atoms with Crippen LogP contribution in [-0.4, -0.2) is 18.5 Å². The fourth-order valence-corrected chi connectivity index (χ4v) is 2.77. The third kappa shape index (κ3) is 3.37. The van der Waals surface area contributed by atoms with Gasteiger partial charge in [-0.15, -0.1) is 0 Å². The first-order valence-corrected chi connectivity index (χ1v) is 7.51. The van der Waals surface area contributed by atoms with Crippen molar-refractivity contribution in [2.75, 3.05) is 6.54 Å². The second-order valence-electron chi connectivity index (χ2n) is 5.82. The zero-order valence-corrected chi connectivity index (χ0v) is 13.3. The van der Waals surface area contributed by atoms with E-state index < -0.39 is 0 Å². The minimum Gasteiger partial charge on any atom is -0.346 e. The van der Waals surface area contributed by atoms with Crippen LogP contribution in [-0.2, 0) is 10.3 Å². The summed E-state index contributed by atoms with van der Waals surface area (Å²) in [5, 5.41) is 6.42. The molecule has 4 heteroatoms. The molecule has 2 N–H and O–H groups in total. The van der Waals surface area contributed by atoms with Crippen molar-refractivity contribution in [1.82, 2.24) is 10.6 Å². The minimum absolute atomic E-state index is 0.0604. The number of nitrogens with one attached hydrogen (secondary N) is 2. The van der Waals surface area contributed by atoms with Gasteiger partial charge in [0.1, 0.15) is 0 Å². The van der Waals surface area contributed by atoms with Crippen molar-refractivity contribution in [3.8, 4) is 0 Å². The Bertz CT molecular complexity index is 456. The van der Waals surface area contributed by atoms with Crippen molar-refractivity contribution in [2.45, 2.75) is 38.8 Å². The van der Waals surface area contributed by atoms with E-state index in [0.29, 0.717) is 5.92 Å². The lowest BCUT2D eigenvalue weighted by Crippen LogP contribution is -2.50. The smallest absolute Gasteiger partial charge is 0.238 e. The van der Waals surface area contributed by atoms with Crippen molar-refractivity contribution in [2.24, 2.45) is 5.92 Å². The van der Waals surface area contributed by atoms with Crippen molar-refractivity contribution < 1.29 is 4.79 Å². The molecule has 1 aliphatic heterocycles. The van der Waals surface area contributed by atoms with Gasteiger partial charge in [-0.1, -0.05) is 35.0 Å². The average Bonchev–Trinajstić information content (AvgIpc) is 2.75. The van der Waals surface area contributed by atoms with Crippen LogP contribution in [0.3, 0.4) is 0 Å². The van der Waals surface area contributed by atoms with Crippen molar-refractivity contribution in [1.29, 1.82) is 0 Å². The molecule has 1 aromatic carbocycles. The van der Waals surface area contributed by atoms with Gasteiger partial charge in [0.2, 0.25) is 5.91 Å². The summed E-state index contributed by atoms with van der Waals surface area (Å²) in [7, 11) is 0. The lowest BCUT2D eigenvalue weighted by molar-refractivity contribution is -0.125. The third-order valence-electron chi connectivity index (χ3n) is 3.82. The number of benzene rings is 1. The molecule has 1 heterocycles. The summed E-state index contributed by atoms with van der Waals surface area (Å²) in [6.07, 6.45) is 1.07. The van der Waals surface area contributed by atoms with Gasteiger partial charge in [-0.05, 0) is 50.4 Å². The van der Waals surface area contributed by atoms with Crippen LogP contribution in [0.25, 0.3) is 0 Å². The molecule has 3 nitrogen and oxygen atoms in total. The summed E-state index contributed by atoms with van der Waals surface area (Å²) in [5.41, 5.74) is 0.747. The predicted octanol–water partition coefficient (Wildman–Crippen LogP) is 2.80. The van der Waals surface area contributed by atoms with Gasteiger partial charge in [0.15, 0.2) is 0 Å². The molecule has 1 aromatic rings. The Hall–Kier alpha value is -0.870. The summed E-state index contributed by atoms with van der Waals surface area (Å²) in [5.74, 6) is 0.499. The normalized spacial score (nSPS) is 23.4. The molecular weight excluding hydrogens is 304 g/mol. The van der Waals surface area contributed by atoms with Crippen molar-refractivity contribution >= 4 is 21.8 Å². The molecule has 0 aromatic heterocycles. The van der Waals surface area contributed by atoms with E-state index in [9.17, 15) is 4.79 Å². The first-order chi connectivity index (χ1) is 8.90. The molecule has 0 aliphatic carbocycles. The number of hydrogen-bond donors (Lipinski definition) is 2. The number of rotatable bonds is 3. The molecule has 2 unspecified atom stereocenters. The maximum Gasteiger partial charge on any atom is 0.238 e. The lowest BCUT2D eigenvalue weighted by atomic mass is 9.93. The van der Waals surface area contributed by atoms with Crippen LogP contribution in [0.1, 0.15) is 32.8 Å². The molecule has 1 fully saturated rings. The second-order valence-corrected chi connectivity index (χ2v) is 6.73. The zero-order chi connectivity index (χ0) is 14.0. The quantitative estimate of drug-likeness (QED) is 0.897. The predicted molar refractivity (Wildman–Crippen MR) is 80.9 cm³/mol. The number of hydrogen-bond acceptors (Lipinski definition) is 2. The Balaban J connectivity index is 2.08. The molecular formula is C15H21BrN2O. The van der Waals surface area contributed by atoms with Gasteiger partial charge in [-0.3, -0.25) is 4.79 Å². The van der Waals surface area contributed by atoms with Crippen molar-refractivity contribution in [3.63, 3.8) is 0 Å². The summed E-state index contributed by atoms with van der Waals surface area (Å²) in [6, 6.07) is 8.01. The highest BCUT2D eigenvalue weighted by molar-refractivity contribution is 9.10. The molecule has 1 saturated heterocycles. The maximum absolute atomic E-state index is 12.3. The average molecular weight is 325 g/mol. The Morgan fingerprint density at radius 1 is 1.37 bits per heavy atom. The number of halogens is 1. The first kappa shape index (κ1) is 14.5. The standard InChI is InChI=1S/C15H21BrN2O/c1-10-8-9-17-13(10)14(19)18-15(2,3)11-4-6-12(16)7-5-11/h4-7,10,13,17H,8-9H2,1-3H3,(H,18,19). The second kappa shape index (κ2) is 5.63.